The fourth-order valence-electron chi connectivity index (χ4n) is 2.31. The fourth-order valence-corrected chi connectivity index (χ4v) is 2.31. The zero-order valence-electron chi connectivity index (χ0n) is 12.7. The van der Waals surface area contributed by atoms with E-state index in [1.807, 2.05) is 41.5 Å². The Kier molecular flexibility index (Phi) is 4.60. The first-order valence-electron chi connectivity index (χ1n) is 7.31. The lowest BCUT2D eigenvalue weighted by atomic mass is 10.1. The normalized spacial score (nSPS) is 14.4. The van der Waals surface area contributed by atoms with Gasteiger partial charge in [0.15, 0.2) is 0 Å². The van der Waals surface area contributed by atoms with Crippen LogP contribution < -0.4 is 0 Å². The molecule has 2 unspecified atom stereocenters. The lowest BCUT2D eigenvalue weighted by Crippen LogP contribution is -2.11. The van der Waals surface area contributed by atoms with E-state index in [0.717, 1.165) is 30.0 Å². The van der Waals surface area contributed by atoms with Crippen LogP contribution in [-0.4, -0.2) is 24.7 Å². The van der Waals surface area contributed by atoms with E-state index >= 15 is 0 Å². The summed E-state index contributed by atoms with van der Waals surface area (Å²) in [4.78, 5) is 0. The molecule has 2 atom stereocenters. The average molecular weight is 276 g/mol. The summed E-state index contributed by atoms with van der Waals surface area (Å²) in [6.07, 6.45) is 3.00. The summed E-state index contributed by atoms with van der Waals surface area (Å²) < 4.78 is 3.82. The summed E-state index contributed by atoms with van der Waals surface area (Å²) in [5, 5.41) is 19.3. The van der Waals surface area contributed by atoms with Crippen LogP contribution >= 0.6 is 0 Å². The molecule has 0 amide bonds. The molecule has 0 saturated carbocycles. The molecular formula is C15H24N4O. The molecule has 0 radical (unpaired) electrons. The highest BCUT2D eigenvalue weighted by Crippen LogP contribution is 2.19. The summed E-state index contributed by atoms with van der Waals surface area (Å²) in [7, 11) is 0. The first-order valence-corrected chi connectivity index (χ1v) is 7.31. The van der Waals surface area contributed by atoms with Crippen LogP contribution in [0.5, 0.6) is 0 Å². The van der Waals surface area contributed by atoms with E-state index in [0.29, 0.717) is 12.5 Å². The van der Waals surface area contributed by atoms with Crippen molar-refractivity contribution >= 4 is 0 Å². The predicted molar refractivity (Wildman–Crippen MR) is 78.5 cm³/mol. The maximum Gasteiger partial charge on any atom is 0.101 e. The molecule has 0 bridgehead atoms. The van der Waals surface area contributed by atoms with Crippen LogP contribution in [0.4, 0.5) is 0 Å². The molecule has 2 aromatic rings. The molecule has 0 spiro atoms. The molecule has 110 valence electrons. The van der Waals surface area contributed by atoms with E-state index in [9.17, 15) is 5.11 Å². The van der Waals surface area contributed by atoms with Crippen molar-refractivity contribution in [1.29, 1.82) is 0 Å². The Labute approximate surface area is 120 Å². The maximum absolute atomic E-state index is 10.4. The van der Waals surface area contributed by atoms with Gasteiger partial charge in [0.05, 0.1) is 17.1 Å². The second kappa shape index (κ2) is 6.22. The molecule has 5 heteroatoms. The van der Waals surface area contributed by atoms with Crippen molar-refractivity contribution in [2.24, 2.45) is 0 Å². The molecule has 0 aliphatic rings. The monoisotopic (exact) mass is 276 g/mol. The van der Waals surface area contributed by atoms with Gasteiger partial charge in [0, 0.05) is 25.2 Å². The lowest BCUT2D eigenvalue weighted by Gasteiger charge is -2.11. The van der Waals surface area contributed by atoms with Gasteiger partial charge in [-0.1, -0.05) is 6.92 Å². The fraction of sp³-hybridized carbons (Fsp3) is 0.600. The van der Waals surface area contributed by atoms with Gasteiger partial charge in [0.25, 0.3) is 0 Å². The van der Waals surface area contributed by atoms with Crippen LogP contribution in [0, 0.1) is 6.92 Å². The van der Waals surface area contributed by atoms with Crippen LogP contribution in [0.3, 0.4) is 0 Å². The third-order valence-corrected chi connectivity index (χ3v) is 3.68. The first kappa shape index (κ1) is 14.8. The summed E-state index contributed by atoms with van der Waals surface area (Å²) in [6, 6.07) is 4.32. The predicted octanol–water partition coefficient (Wildman–Crippen LogP) is 2.66. The van der Waals surface area contributed by atoms with E-state index in [-0.39, 0.29) is 0 Å². The Morgan fingerprint density at radius 3 is 2.70 bits per heavy atom. The quantitative estimate of drug-likeness (QED) is 0.882. The van der Waals surface area contributed by atoms with Crippen LogP contribution in [0.25, 0.3) is 0 Å². The number of nitrogens with zero attached hydrogens (tertiary/aromatic N) is 4. The number of hydrogen-bond donors (Lipinski definition) is 1. The van der Waals surface area contributed by atoms with Gasteiger partial charge in [-0.05, 0) is 39.3 Å². The Balaban J connectivity index is 2.11. The van der Waals surface area contributed by atoms with E-state index in [4.69, 9.17) is 0 Å². The second-order valence-corrected chi connectivity index (χ2v) is 5.29. The topological polar surface area (TPSA) is 55.9 Å². The van der Waals surface area contributed by atoms with Gasteiger partial charge in [-0.15, -0.1) is 0 Å². The molecule has 2 heterocycles. The highest BCUT2D eigenvalue weighted by molar-refractivity contribution is 5.14. The van der Waals surface area contributed by atoms with E-state index in [2.05, 4.69) is 24.0 Å². The minimum Gasteiger partial charge on any atom is -0.386 e. The zero-order valence-corrected chi connectivity index (χ0v) is 12.7. The van der Waals surface area contributed by atoms with Gasteiger partial charge in [-0.3, -0.25) is 9.36 Å². The third kappa shape index (κ3) is 3.10. The van der Waals surface area contributed by atoms with Gasteiger partial charge >= 0.3 is 0 Å². The van der Waals surface area contributed by atoms with Crippen molar-refractivity contribution in [2.75, 3.05) is 0 Å². The van der Waals surface area contributed by atoms with Crippen LogP contribution in [0.2, 0.25) is 0 Å². The maximum atomic E-state index is 10.4. The van der Waals surface area contributed by atoms with Crippen LogP contribution in [0.15, 0.2) is 18.3 Å². The zero-order chi connectivity index (χ0) is 14.7. The third-order valence-electron chi connectivity index (χ3n) is 3.68. The molecular weight excluding hydrogens is 252 g/mol. The van der Waals surface area contributed by atoms with Crippen molar-refractivity contribution in [1.82, 2.24) is 19.6 Å². The van der Waals surface area contributed by atoms with Crippen molar-refractivity contribution in [3.05, 3.63) is 35.4 Å². The Morgan fingerprint density at radius 1 is 1.30 bits per heavy atom. The van der Waals surface area contributed by atoms with Crippen molar-refractivity contribution in [2.45, 2.75) is 59.2 Å². The average Bonchev–Trinajstić information content (AvgIpc) is 3.04. The molecule has 0 aliphatic carbocycles. The highest BCUT2D eigenvalue weighted by atomic mass is 16.3. The largest absolute Gasteiger partial charge is 0.386 e. The summed E-state index contributed by atoms with van der Waals surface area (Å²) in [6.45, 7) is 9.02. The van der Waals surface area contributed by atoms with Crippen molar-refractivity contribution in [3.63, 3.8) is 0 Å². The van der Waals surface area contributed by atoms with Gasteiger partial charge in [-0.25, -0.2) is 0 Å². The number of aryl methyl sites for hydroxylation is 2. The summed E-state index contributed by atoms with van der Waals surface area (Å²) in [5.41, 5.74) is 2.72. The molecule has 0 saturated heterocycles. The molecule has 0 fully saturated rings. The molecule has 2 aromatic heterocycles. The lowest BCUT2D eigenvalue weighted by molar-refractivity contribution is 0.165. The minimum atomic E-state index is -0.559. The number of rotatable bonds is 6. The van der Waals surface area contributed by atoms with Gasteiger partial charge in [0.1, 0.15) is 6.10 Å². The van der Waals surface area contributed by atoms with Crippen molar-refractivity contribution < 1.29 is 5.11 Å². The molecule has 20 heavy (non-hydrogen) atoms. The van der Waals surface area contributed by atoms with Gasteiger partial charge in [0.2, 0.25) is 0 Å². The summed E-state index contributed by atoms with van der Waals surface area (Å²) in [5.74, 6) is 0. The Morgan fingerprint density at radius 2 is 2.05 bits per heavy atom. The van der Waals surface area contributed by atoms with Crippen molar-refractivity contribution in [3.8, 4) is 0 Å². The molecule has 2 rings (SSSR count). The smallest absolute Gasteiger partial charge is 0.101 e. The van der Waals surface area contributed by atoms with E-state index in [1.165, 1.54) is 0 Å². The Bertz CT molecular complexity index is 558. The number of aliphatic hydroxyl groups excluding tert-OH is 1. The van der Waals surface area contributed by atoms with Gasteiger partial charge in [-0.2, -0.15) is 10.2 Å². The molecule has 1 N–H and O–H groups in total. The first-order chi connectivity index (χ1) is 9.55. The van der Waals surface area contributed by atoms with Crippen LogP contribution in [0.1, 0.15) is 56.4 Å². The minimum absolute atomic E-state index is 0.393. The molecule has 0 aromatic carbocycles. The van der Waals surface area contributed by atoms with Crippen LogP contribution in [-0.2, 0) is 13.0 Å². The standard InChI is InChI=1S/C15H24N4O/c1-5-12(4)19-8-7-13(17-19)10-15(20)14-9-11(3)16-18(14)6-2/h7-9,12,15,20H,5-6,10H2,1-4H3. The molecule has 5 nitrogen and oxygen atoms in total. The summed E-state index contributed by atoms with van der Waals surface area (Å²) >= 11 is 0. The molecule has 0 aliphatic heterocycles. The number of aromatic nitrogens is 4. The van der Waals surface area contributed by atoms with Gasteiger partial charge < -0.3 is 5.11 Å². The highest BCUT2D eigenvalue weighted by Gasteiger charge is 2.16. The second-order valence-electron chi connectivity index (χ2n) is 5.29. The van der Waals surface area contributed by atoms with E-state index < -0.39 is 6.10 Å². The Hall–Kier alpha value is -1.62. The van der Waals surface area contributed by atoms with E-state index in [1.54, 1.807) is 0 Å². The number of hydrogen-bond acceptors (Lipinski definition) is 3. The SMILES string of the molecule is CCC(C)n1ccc(CC(O)c2cc(C)nn2CC)n1. The number of aliphatic hydroxyl groups is 1.